The number of hydrogen-bond donors (Lipinski definition) is 2. The molecule has 98 valence electrons. The molecule has 2 N–H and O–H groups in total. The van der Waals surface area contributed by atoms with E-state index in [-0.39, 0.29) is 5.56 Å². The SMILES string of the molecule is Cc1cc(NCC2CSCCS2)c(C(=O)O)cn1. The number of aryl methyl sites for hydroxylation is 1. The Hall–Kier alpha value is -0.880. The van der Waals surface area contributed by atoms with Crippen LogP contribution in [0.3, 0.4) is 0 Å². The molecule has 0 bridgehead atoms. The van der Waals surface area contributed by atoms with Gasteiger partial charge in [-0.25, -0.2) is 4.79 Å². The van der Waals surface area contributed by atoms with Crippen LogP contribution in [-0.4, -0.2) is 45.1 Å². The van der Waals surface area contributed by atoms with Gasteiger partial charge in [0.1, 0.15) is 5.56 Å². The molecule has 1 atom stereocenters. The first-order chi connectivity index (χ1) is 8.66. The largest absolute Gasteiger partial charge is 0.478 e. The minimum absolute atomic E-state index is 0.245. The fraction of sp³-hybridized carbons (Fsp3) is 0.500. The van der Waals surface area contributed by atoms with Crippen molar-refractivity contribution in [3.63, 3.8) is 0 Å². The van der Waals surface area contributed by atoms with Crippen LogP contribution in [0.15, 0.2) is 12.3 Å². The molecule has 1 aliphatic rings. The van der Waals surface area contributed by atoms with Crippen LogP contribution in [0.25, 0.3) is 0 Å². The fourth-order valence-electron chi connectivity index (χ4n) is 1.75. The van der Waals surface area contributed by atoms with E-state index in [2.05, 4.69) is 10.3 Å². The van der Waals surface area contributed by atoms with Crippen molar-refractivity contribution in [2.75, 3.05) is 29.1 Å². The van der Waals surface area contributed by atoms with Crippen molar-refractivity contribution in [1.29, 1.82) is 0 Å². The van der Waals surface area contributed by atoms with Crippen LogP contribution in [0.5, 0.6) is 0 Å². The molecule has 2 rings (SSSR count). The van der Waals surface area contributed by atoms with Crippen LogP contribution in [-0.2, 0) is 0 Å². The fourth-order valence-corrected chi connectivity index (χ4v) is 4.37. The van der Waals surface area contributed by atoms with Gasteiger partial charge in [-0.3, -0.25) is 4.98 Å². The zero-order chi connectivity index (χ0) is 13.0. The second-order valence-corrected chi connectivity index (χ2v) is 6.68. The van der Waals surface area contributed by atoms with Gasteiger partial charge in [0.2, 0.25) is 0 Å². The van der Waals surface area contributed by atoms with Crippen molar-refractivity contribution in [2.24, 2.45) is 0 Å². The van der Waals surface area contributed by atoms with E-state index in [0.29, 0.717) is 10.9 Å². The van der Waals surface area contributed by atoms with Crippen LogP contribution in [0, 0.1) is 6.92 Å². The number of hydrogen-bond acceptors (Lipinski definition) is 5. The third-order valence-electron chi connectivity index (χ3n) is 2.68. The molecule has 1 saturated heterocycles. The van der Waals surface area contributed by atoms with E-state index in [4.69, 9.17) is 5.11 Å². The number of carbonyl (C=O) groups is 1. The number of aromatic carboxylic acids is 1. The maximum absolute atomic E-state index is 11.1. The van der Waals surface area contributed by atoms with E-state index in [9.17, 15) is 4.79 Å². The number of carboxylic acids is 1. The maximum atomic E-state index is 11.1. The summed E-state index contributed by atoms with van der Waals surface area (Å²) in [5.74, 6) is 2.59. The molecule has 2 heterocycles. The summed E-state index contributed by atoms with van der Waals surface area (Å²) in [7, 11) is 0. The summed E-state index contributed by atoms with van der Waals surface area (Å²) in [5.41, 5.74) is 1.74. The topological polar surface area (TPSA) is 62.2 Å². The third-order valence-corrected chi connectivity index (χ3v) is 5.52. The molecule has 1 unspecified atom stereocenters. The molecule has 0 amide bonds. The van der Waals surface area contributed by atoms with Crippen LogP contribution in [0.2, 0.25) is 0 Å². The maximum Gasteiger partial charge on any atom is 0.339 e. The number of nitrogens with zero attached hydrogens (tertiary/aromatic N) is 1. The number of nitrogens with one attached hydrogen (secondary N) is 1. The molecule has 0 saturated carbocycles. The van der Waals surface area contributed by atoms with Crippen LogP contribution in [0.1, 0.15) is 16.1 Å². The third kappa shape index (κ3) is 3.55. The average molecular weight is 284 g/mol. The van der Waals surface area contributed by atoms with Crippen molar-refractivity contribution in [1.82, 2.24) is 4.98 Å². The number of aromatic nitrogens is 1. The molecule has 0 spiro atoms. The van der Waals surface area contributed by atoms with Gasteiger partial charge >= 0.3 is 5.97 Å². The lowest BCUT2D eigenvalue weighted by molar-refractivity contribution is 0.0697. The highest BCUT2D eigenvalue weighted by Crippen LogP contribution is 2.25. The van der Waals surface area contributed by atoms with E-state index in [1.165, 1.54) is 17.7 Å². The zero-order valence-electron chi connectivity index (χ0n) is 10.2. The van der Waals surface area contributed by atoms with E-state index in [1.807, 2.05) is 30.4 Å². The van der Waals surface area contributed by atoms with Crippen molar-refractivity contribution in [2.45, 2.75) is 12.2 Å². The van der Waals surface area contributed by atoms with Gasteiger partial charge in [-0.05, 0) is 13.0 Å². The van der Waals surface area contributed by atoms with Gasteiger partial charge in [0.25, 0.3) is 0 Å². The summed E-state index contributed by atoms with van der Waals surface area (Å²) < 4.78 is 0. The Morgan fingerprint density at radius 2 is 2.44 bits per heavy atom. The Kier molecular flexibility index (Phi) is 4.77. The summed E-state index contributed by atoms with van der Waals surface area (Å²) in [6, 6.07) is 1.80. The van der Waals surface area contributed by atoms with Crippen molar-refractivity contribution >= 4 is 35.2 Å². The normalized spacial score (nSPS) is 19.5. The Labute approximate surface area is 115 Å². The summed E-state index contributed by atoms with van der Waals surface area (Å²) in [5, 5.41) is 12.9. The number of anilines is 1. The first-order valence-corrected chi connectivity index (χ1v) is 8.00. The van der Waals surface area contributed by atoms with Gasteiger partial charge in [0, 0.05) is 40.9 Å². The standard InChI is InChI=1S/C12H16N2O2S2/c1-8-4-11(10(6-13-8)12(15)16)14-5-9-7-17-2-3-18-9/h4,6,9H,2-3,5,7H2,1H3,(H,13,14)(H,15,16). The van der Waals surface area contributed by atoms with Gasteiger partial charge in [0.05, 0.1) is 5.69 Å². The van der Waals surface area contributed by atoms with Crippen molar-refractivity contribution in [3.05, 3.63) is 23.5 Å². The number of pyridine rings is 1. The monoisotopic (exact) mass is 284 g/mol. The van der Waals surface area contributed by atoms with E-state index >= 15 is 0 Å². The summed E-state index contributed by atoms with van der Waals surface area (Å²) >= 11 is 3.92. The quantitative estimate of drug-likeness (QED) is 0.885. The predicted molar refractivity (Wildman–Crippen MR) is 78.0 cm³/mol. The molecular formula is C12H16N2O2S2. The van der Waals surface area contributed by atoms with Gasteiger partial charge in [-0.2, -0.15) is 23.5 Å². The number of thioether (sulfide) groups is 2. The first kappa shape index (κ1) is 13.5. The second-order valence-electron chi connectivity index (χ2n) is 4.13. The molecule has 1 fully saturated rings. The lowest BCUT2D eigenvalue weighted by Gasteiger charge is -2.22. The number of rotatable bonds is 4. The Morgan fingerprint density at radius 1 is 1.61 bits per heavy atom. The van der Waals surface area contributed by atoms with Crippen LogP contribution in [0.4, 0.5) is 5.69 Å². The second kappa shape index (κ2) is 6.33. The van der Waals surface area contributed by atoms with Gasteiger partial charge in [-0.15, -0.1) is 0 Å². The Morgan fingerprint density at radius 3 is 3.11 bits per heavy atom. The molecule has 18 heavy (non-hydrogen) atoms. The summed E-state index contributed by atoms with van der Waals surface area (Å²) in [6.45, 7) is 2.67. The number of carboxylic acid groups (broad SMARTS) is 1. The minimum Gasteiger partial charge on any atom is -0.478 e. The van der Waals surface area contributed by atoms with Crippen LogP contribution < -0.4 is 5.32 Å². The van der Waals surface area contributed by atoms with Gasteiger partial charge in [-0.1, -0.05) is 0 Å². The lowest BCUT2D eigenvalue weighted by Crippen LogP contribution is -2.24. The summed E-state index contributed by atoms with van der Waals surface area (Å²) in [6.07, 6.45) is 1.42. The van der Waals surface area contributed by atoms with Crippen molar-refractivity contribution in [3.8, 4) is 0 Å². The first-order valence-electron chi connectivity index (χ1n) is 5.80. The highest BCUT2D eigenvalue weighted by molar-refractivity contribution is 8.06. The minimum atomic E-state index is -0.935. The van der Waals surface area contributed by atoms with E-state index in [0.717, 1.165) is 18.0 Å². The molecule has 1 aromatic rings. The molecule has 6 heteroatoms. The predicted octanol–water partition coefficient (Wildman–Crippen LogP) is 2.35. The smallest absolute Gasteiger partial charge is 0.339 e. The highest BCUT2D eigenvalue weighted by Gasteiger charge is 2.16. The molecule has 0 radical (unpaired) electrons. The van der Waals surface area contributed by atoms with E-state index in [1.54, 1.807) is 6.07 Å². The highest BCUT2D eigenvalue weighted by atomic mass is 32.2. The molecule has 1 aromatic heterocycles. The summed E-state index contributed by atoms with van der Waals surface area (Å²) in [4.78, 5) is 15.1. The lowest BCUT2D eigenvalue weighted by atomic mass is 10.2. The van der Waals surface area contributed by atoms with Crippen LogP contribution >= 0.6 is 23.5 Å². The zero-order valence-corrected chi connectivity index (χ0v) is 11.8. The molecule has 1 aliphatic heterocycles. The van der Waals surface area contributed by atoms with Gasteiger partial charge < -0.3 is 10.4 Å². The average Bonchev–Trinajstić information content (AvgIpc) is 2.37. The Bertz CT molecular complexity index is 434. The Balaban J connectivity index is 2.03. The molecule has 0 aromatic carbocycles. The molecule has 0 aliphatic carbocycles. The van der Waals surface area contributed by atoms with Gasteiger partial charge in [0.15, 0.2) is 0 Å². The van der Waals surface area contributed by atoms with E-state index < -0.39 is 5.97 Å². The molecule has 4 nitrogen and oxygen atoms in total. The van der Waals surface area contributed by atoms with Crippen molar-refractivity contribution < 1.29 is 9.90 Å². The molecular weight excluding hydrogens is 268 g/mol.